The molecule has 63 heavy (non-hydrogen) atoms. The number of rotatable bonds is 7. The van der Waals surface area contributed by atoms with Crippen LogP contribution in [0.25, 0.3) is 94.8 Å². The quantitative estimate of drug-likeness (QED) is 0.158. The maximum Gasteiger partial charge on any atom is 0.160 e. The zero-order valence-electron chi connectivity index (χ0n) is 33.5. The molecule has 10 aromatic rings. The van der Waals surface area contributed by atoms with Crippen molar-refractivity contribution in [2.24, 2.45) is 0 Å². The standard InChI is InChI=1S/C56H31N7/c57-32-36-11-9-17-43(24-36)48-29-46(56-61-51(40-13-3-1-4-14-40)31-52(62-56)41-15-5-2-6-16-41)30-49(44-18-10-12-37(25-44)33-58)55(48)63-53-20-8-7-19-47(53)50-28-42(21-22-54(50)63)45-26-38(34-59)23-39(27-45)35-60/h1-31H. The second-order valence-electron chi connectivity index (χ2n) is 15.1. The molecule has 0 aliphatic heterocycles. The molecule has 0 atom stereocenters. The van der Waals surface area contributed by atoms with E-state index < -0.39 is 0 Å². The lowest BCUT2D eigenvalue weighted by molar-refractivity contribution is 1.17. The van der Waals surface area contributed by atoms with E-state index in [1.165, 1.54) is 0 Å². The fourth-order valence-electron chi connectivity index (χ4n) is 8.36. The third-order valence-corrected chi connectivity index (χ3v) is 11.3. The molecule has 290 valence electrons. The molecule has 0 spiro atoms. The Bertz CT molecular complexity index is 3450. The van der Waals surface area contributed by atoms with Gasteiger partial charge >= 0.3 is 0 Å². The third kappa shape index (κ3) is 7.01. The van der Waals surface area contributed by atoms with Crippen molar-refractivity contribution in [3.05, 3.63) is 210 Å². The maximum absolute atomic E-state index is 10.2. The number of fused-ring (bicyclic) bond motifs is 3. The van der Waals surface area contributed by atoms with Crippen LogP contribution < -0.4 is 0 Å². The van der Waals surface area contributed by atoms with Crippen LogP contribution in [0.5, 0.6) is 0 Å². The summed E-state index contributed by atoms with van der Waals surface area (Å²) in [6.07, 6.45) is 0. The van der Waals surface area contributed by atoms with E-state index in [-0.39, 0.29) is 0 Å². The predicted molar refractivity (Wildman–Crippen MR) is 248 cm³/mol. The Morgan fingerprint density at radius 2 is 0.825 bits per heavy atom. The van der Waals surface area contributed by atoms with Crippen LogP contribution in [0.1, 0.15) is 22.3 Å². The molecule has 0 radical (unpaired) electrons. The van der Waals surface area contributed by atoms with Crippen molar-refractivity contribution >= 4 is 21.8 Å². The number of para-hydroxylation sites is 1. The van der Waals surface area contributed by atoms with Gasteiger partial charge in [0.2, 0.25) is 0 Å². The molecule has 2 heterocycles. The Kier molecular flexibility index (Phi) is 9.60. The summed E-state index contributed by atoms with van der Waals surface area (Å²) < 4.78 is 2.25. The molecule has 8 aromatic carbocycles. The lowest BCUT2D eigenvalue weighted by Gasteiger charge is -2.21. The zero-order valence-corrected chi connectivity index (χ0v) is 33.5. The molecule has 7 nitrogen and oxygen atoms in total. The van der Waals surface area contributed by atoms with Crippen LogP contribution in [0.3, 0.4) is 0 Å². The number of benzene rings is 8. The van der Waals surface area contributed by atoms with Gasteiger partial charge in [-0.2, -0.15) is 21.0 Å². The predicted octanol–water partition coefficient (Wildman–Crippen LogP) is 13.1. The first-order valence-electron chi connectivity index (χ1n) is 20.2. The molecule has 0 aliphatic carbocycles. The average Bonchev–Trinajstić information content (AvgIpc) is 3.69. The van der Waals surface area contributed by atoms with Gasteiger partial charge in [-0.25, -0.2) is 9.97 Å². The summed E-state index contributed by atoms with van der Waals surface area (Å²) in [6, 6.07) is 70.2. The number of aromatic nitrogens is 3. The van der Waals surface area contributed by atoms with Crippen molar-refractivity contribution in [1.29, 1.82) is 21.0 Å². The number of nitriles is 4. The summed E-state index contributed by atoms with van der Waals surface area (Å²) in [7, 11) is 0. The fourth-order valence-corrected chi connectivity index (χ4v) is 8.36. The summed E-state index contributed by atoms with van der Waals surface area (Å²) in [6.45, 7) is 0. The highest BCUT2D eigenvalue weighted by Gasteiger charge is 2.24. The minimum atomic E-state index is 0.411. The van der Waals surface area contributed by atoms with Gasteiger partial charge in [-0.1, -0.05) is 109 Å². The van der Waals surface area contributed by atoms with Crippen LogP contribution in [-0.4, -0.2) is 14.5 Å². The first kappa shape index (κ1) is 37.8. The molecular formula is C56H31N7. The number of nitrogens with zero attached hydrogens (tertiary/aromatic N) is 7. The summed E-state index contributed by atoms with van der Waals surface area (Å²) in [5, 5.41) is 41.9. The molecule has 0 saturated carbocycles. The molecule has 0 fully saturated rings. The highest BCUT2D eigenvalue weighted by Crippen LogP contribution is 2.45. The van der Waals surface area contributed by atoms with Gasteiger partial charge in [0.05, 0.1) is 74.6 Å². The van der Waals surface area contributed by atoms with E-state index in [0.717, 1.165) is 89.0 Å². The molecule has 0 aliphatic rings. The molecule has 7 heteroatoms. The normalized spacial score (nSPS) is 10.8. The number of hydrogen-bond acceptors (Lipinski definition) is 6. The van der Waals surface area contributed by atoms with Crippen molar-refractivity contribution < 1.29 is 0 Å². The molecule has 0 unspecified atom stereocenters. The van der Waals surface area contributed by atoms with Crippen molar-refractivity contribution in [2.45, 2.75) is 0 Å². The van der Waals surface area contributed by atoms with Crippen LogP contribution in [0.4, 0.5) is 0 Å². The van der Waals surface area contributed by atoms with Crippen LogP contribution in [0.2, 0.25) is 0 Å². The van der Waals surface area contributed by atoms with E-state index in [1.54, 1.807) is 30.3 Å². The first-order valence-corrected chi connectivity index (χ1v) is 20.2. The monoisotopic (exact) mass is 801 g/mol. The minimum Gasteiger partial charge on any atom is -0.308 e. The Labute approximate surface area is 363 Å². The van der Waals surface area contributed by atoms with E-state index in [0.29, 0.717) is 28.1 Å². The van der Waals surface area contributed by atoms with Gasteiger partial charge in [-0.05, 0) is 101 Å². The van der Waals surface area contributed by atoms with Crippen molar-refractivity contribution in [3.63, 3.8) is 0 Å². The fraction of sp³-hybridized carbons (Fsp3) is 0. The van der Waals surface area contributed by atoms with E-state index in [2.05, 4.69) is 65.2 Å². The van der Waals surface area contributed by atoms with Gasteiger partial charge in [-0.3, -0.25) is 0 Å². The van der Waals surface area contributed by atoms with Crippen LogP contribution >= 0.6 is 0 Å². The Balaban J connectivity index is 1.32. The summed E-state index contributed by atoms with van der Waals surface area (Å²) in [5.41, 5.74) is 13.6. The SMILES string of the molecule is N#Cc1cc(C#N)cc(-c2ccc3c(c2)c2ccccc2n3-c2c(-c3cccc(C#N)c3)cc(-c3nc(-c4ccccc4)cc(-c4ccccc4)n3)cc2-c2cccc(C#N)c2)c1. The van der Waals surface area contributed by atoms with Gasteiger partial charge in [-0.15, -0.1) is 0 Å². The molecule has 2 aromatic heterocycles. The van der Waals surface area contributed by atoms with Crippen LogP contribution in [0.15, 0.2) is 188 Å². The summed E-state index contributed by atoms with van der Waals surface area (Å²) >= 11 is 0. The Hall–Kier alpha value is -9.40. The Morgan fingerprint density at radius 1 is 0.333 bits per heavy atom. The second kappa shape index (κ2) is 16.0. The smallest absolute Gasteiger partial charge is 0.160 e. The van der Waals surface area contributed by atoms with Gasteiger partial charge < -0.3 is 4.57 Å². The van der Waals surface area contributed by atoms with Gasteiger partial charge in [0.1, 0.15) is 0 Å². The average molecular weight is 802 g/mol. The molecule has 0 bridgehead atoms. The molecule has 0 amide bonds. The Morgan fingerprint density at radius 3 is 1.38 bits per heavy atom. The summed E-state index contributed by atoms with van der Waals surface area (Å²) in [4.78, 5) is 10.5. The van der Waals surface area contributed by atoms with Gasteiger partial charge in [0, 0.05) is 38.6 Å². The van der Waals surface area contributed by atoms with Crippen LogP contribution in [0, 0.1) is 45.3 Å². The molecular weight excluding hydrogens is 771 g/mol. The van der Waals surface area contributed by atoms with Crippen molar-refractivity contribution in [2.75, 3.05) is 0 Å². The second-order valence-corrected chi connectivity index (χ2v) is 15.1. The van der Waals surface area contributed by atoms with E-state index in [9.17, 15) is 21.0 Å². The first-order chi connectivity index (χ1) is 31.0. The van der Waals surface area contributed by atoms with Gasteiger partial charge in [0.25, 0.3) is 0 Å². The van der Waals surface area contributed by atoms with Gasteiger partial charge in [0.15, 0.2) is 5.82 Å². The zero-order chi connectivity index (χ0) is 42.9. The maximum atomic E-state index is 10.2. The van der Waals surface area contributed by atoms with Crippen molar-refractivity contribution in [3.8, 4) is 97.2 Å². The molecule has 10 rings (SSSR count). The lowest BCUT2D eigenvalue weighted by Crippen LogP contribution is -2.03. The van der Waals surface area contributed by atoms with Crippen molar-refractivity contribution in [1.82, 2.24) is 14.5 Å². The highest BCUT2D eigenvalue weighted by atomic mass is 15.0. The highest BCUT2D eigenvalue weighted by molar-refractivity contribution is 6.12. The number of hydrogen-bond donors (Lipinski definition) is 0. The van der Waals surface area contributed by atoms with E-state index in [4.69, 9.17) is 9.97 Å². The van der Waals surface area contributed by atoms with E-state index >= 15 is 0 Å². The lowest BCUT2D eigenvalue weighted by atomic mass is 9.91. The van der Waals surface area contributed by atoms with Crippen LogP contribution in [-0.2, 0) is 0 Å². The molecule has 0 N–H and O–H groups in total. The third-order valence-electron chi connectivity index (χ3n) is 11.3. The van der Waals surface area contributed by atoms with E-state index in [1.807, 2.05) is 121 Å². The summed E-state index contributed by atoms with van der Waals surface area (Å²) in [5.74, 6) is 0.514. The topological polar surface area (TPSA) is 126 Å². The minimum absolute atomic E-state index is 0.411. The molecule has 0 saturated heterocycles. The largest absolute Gasteiger partial charge is 0.308 e.